The summed E-state index contributed by atoms with van der Waals surface area (Å²) in [5.41, 5.74) is 4.42. The van der Waals surface area contributed by atoms with Crippen LogP contribution < -0.4 is 14.9 Å². The number of carbonyl (C=O) groups excluding carboxylic acids is 1. The number of hydrogen-bond acceptors (Lipinski definition) is 9. The molecule has 0 fully saturated rings. The van der Waals surface area contributed by atoms with Crippen LogP contribution in [0.5, 0.6) is 11.5 Å². The van der Waals surface area contributed by atoms with E-state index in [0.717, 1.165) is 0 Å². The number of hydrogen-bond donors (Lipinski definition) is 1. The minimum Gasteiger partial charge on any atom is -0.490 e. The summed E-state index contributed by atoms with van der Waals surface area (Å²) in [4.78, 5) is 22.2. The van der Waals surface area contributed by atoms with E-state index in [4.69, 9.17) is 9.47 Å². The Labute approximate surface area is 176 Å². The molecule has 3 aromatic rings. The monoisotopic (exact) mass is 425 g/mol. The first-order valence-electron chi connectivity index (χ1n) is 9.23. The number of non-ortho nitro benzene ring substituents is 1. The lowest BCUT2D eigenvalue weighted by Crippen LogP contribution is -2.17. The molecule has 2 aromatic carbocycles. The molecule has 160 valence electrons. The lowest BCUT2D eigenvalue weighted by atomic mass is 10.2. The van der Waals surface area contributed by atoms with Crippen LogP contribution in [0.4, 0.5) is 5.69 Å². The topological polar surface area (TPSA) is 142 Å². The molecule has 1 heterocycles. The van der Waals surface area contributed by atoms with Crippen molar-refractivity contribution < 1.29 is 23.8 Å². The summed E-state index contributed by atoms with van der Waals surface area (Å²) in [7, 11) is 0. The minimum absolute atomic E-state index is 0.0965. The van der Waals surface area contributed by atoms with Crippen LogP contribution in [-0.4, -0.2) is 34.0 Å². The third-order valence-corrected chi connectivity index (χ3v) is 4.10. The Morgan fingerprint density at radius 3 is 2.61 bits per heavy atom. The molecule has 0 aliphatic rings. The smallest absolute Gasteiger partial charge is 0.271 e. The Morgan fingerprint density at radius 1 is 1.19 bits per heavy atom. The lowest BCUT2D eigenvalue weighted by Gasteiger charge is -2.11. The Balaban J connectivity index is 1.64. The highest BCUT2D eigenvalue weighted by molar-refractivity contribution is 5.95. The summed E-state index contributed by atoms with van der Waals surface area (Å²) >= 11 is 0. The van der Waals surface area contributed by atoms with Gasteiger partial charge in [0.1, 0.15) is 18.0 Å². The molecule has 0 bridgehead atoms. The van der Waals surface area contributed by atoms with Crippen LogP contribution in [0.3, 0.4) is 0 Å². The maximum absolute atomic E-state index is 12.1. The molecule has 1 amide bonds. The van der Waals surface area contributed by atoms with Crippen LogP contribution in [0, 0.1) is 17.0 Å². The first-order valence-corrected chi connectivity index (χ1v) is 9.23. The molecule has 1 N–H and O–H groups in total. The zero-order valence-corrected chi connectivity index (χ0v) is 16.8. The molecule has 0 saturated carbocycles. The van der Waals surface area contributed by atoms with Crippen molar-refractivity contribution in [1.82, 2.24) is 15.7 Å². The zero-order chi connectivity index (χ0) is 22.2. The number of amides is 1. The number of ether oxygens (including phenoxy) is 2. The molecule has 31 heavy (non-hydrogen) atoms. The molecule has 1 aromatic heterocycles. The van der Waals surface area contributed by atoms with Crippen molar-refractivity contribution in [3.63, 3.8) is 0 Å². The van der Waals surface area contributed by atoms with Crippen LogP contribution in [-0.2, 0) is 6.61 Å². The second kappa shape index (κ2) is 9.96. The van der Waals surface area contributed by atoms with Gasteiger partial charge in [-0.05, 0) is 49.7 Å². The predicted octanol–water partition coefficient (Wildman–Crippen LogP) is 3.03. The summed E-state index contributed by atoms with van der Waals surface area (Å²) in [6, 6.07) is 10.4. The Morgan fingerprint density at radius 2 is 1.97 bits per heavy atom. The SMILES string of the molecule is CCOc1cc(/C=N/NC(=O)c2ccc([N+](=O)[O-])cc2)ccc1OCc1nonc1C. The predicted molar refractivity (Wildman–Crippen MR) is 109 cm³/mol. The van der Waals surface area contributed by atoms with Gasteiger partial charge in [0.15, 0.2) is 11.5 Å². The number of nitrogens with one attached hydrogen (secondary N) is 1. The van der Waals surface area contributed by atoms with Crippen LogP contribution in [0.2, 0.25) is 0 Å². The van der Waals surface area contributed by atoms with Crippen molar-refractivity contribution in [2.45, 2.75) is 20.5 Å². The van der Waals surface area contributed by atoms with Gasteiger partial charge in [-0.3, -0.25) is 14.9 Å². The number of nitrogens with zero attached hydrogens (tertiary/aromatic N) is 4. The van der Waals surface area contributed by atoms with E-state index in [1.165, 1.54) is 30.5 Å². The second-order valence-electron chi connectivity index (χ2n) is 6.23. The molecule has 0 unspecified atom stereocenters. The summed E-state index contributed by atoms with van der Waals surface area (Å²) in [5.74, 6) is 0.520. The van der Waals surface area contributed by atoms with E-state index in [1.54, 1.807) is 25.1 Å². The molecule has 0 aliphatic carbocycles. The van der Waals surface area contributed by atoms with E-state index in [1.807, 2.05) is 6.92 Å². The second-order valence-corrected chi connectivity index (χ2v) is 6.23. The molecule has 0 atom stereocenters. The molecule has 0 aliphatic heterocycles. The fourth-order valence-electron chi connectivity index (χ4n) is 2.48. The van der Waals surface area contributed by atoms with Crippen molar-refractivity contribution in [3.8, 4) is 11.5 Å². The van der Waals surface area contributed by atoms with E-state index in [9.17, 15) is 14.9 Å². The van der Waals surface area contributed by atoms with Gasteiger partial charge in [-0.25, -0.2) is 10.1 Å². The van der Waals surface area contributed by atoms with E-state index in [2.05, 4.69) is 25.5 Å². The maximum Gasteiger partial charge on any atom is 0.271 e. The first kappa shape index (κ1) is 21.4. The number of nitro groups is 1. The quantitative estimate of drug-likeness (QED) is 0.313. The lowest BCUT2D eigenvalue weighted by molar-refractivity contribution is -0.384. The van der Waals surface area contributed by atoms with Crippen LogP contribution in [0.25, 0.3) is 0 Å². The average Bonchev–Trinajstić information content (AvgIpc) is 3.18. The number of carbonyl (C=O) groups is 1. The van der Waals surface area contributed by atoms with Gasteiger partial charge in [0.2, 0.25) is 0 Å². The fraction of sp³-hybridized carbons (Fsp3) is 0.200. The maximum atomic E-state index is 12.1. The highest BCUT2D eigenvalue weighted by Gasteiger charge is 2.11. The first-order chi connectivity index (χ1) is 15.0. The Hall–Kier alpha value is -4.28. The largest absolute Gasteiger partial charge is 0.490 e. The number of aryl methyl sites for hydroxylation is 1. The fourth-order valence-corrected chi connectivity index (χ4v) is 2.48. The van der Waals surface area contributed by atoms with Gasteiger partial charge in [-0.1, -0.05) is 10.3 Å². The number of aromatic nitrogens is 2. The van der Waals surface area contributed by atoms with Crippen molar-refractivity contribution in [3.05, 3.63) is 75.1 Å². The van der Waals surface area contributed by atoms with Crippen LogP contribution >= 0.6 is 0 Å². The highest BCUT2D eigenvalue weighted by Crippen LogP contribution is 2.29. The van der Waals surface area contributed by atoms with E-state index in [0.29, 0.717) is 35.1 Å². The Bertz CT molecular complexity index is 1090. The van der Waals surface area contributed by atoms with Gasteiger partial charge in [-0.15, -0.1) is 0 Å². The van der Waals surface area contributed by atoms with Crippen molar-refractivity contribution >= 4 is 17.8 Å². The molecule has 11 nitrogen and oxygen atoms in total. The number of rotatable bonds is 9. The zero-order valence-electron chi connectivity index (χ0n) is 16.8. The Kier molecular flexibility index (Phi) is 6.89. The third-order valence-electron chi connectivity index (χ3n) is 4.10. The van der Waals surface area contributed by atoms with Crippen LogP contribution in [0.15, 0.2) is 52.2 Å². The highest BCUT2D eigenvalue weighted by atomic mass is 16.6. The average molecular weight is 425 g/mol. The third kappa shape index (κ3) is 5.63. The van der Waals surface area contributed by atoms with Gasteiger partial charge in [0.05, 0.1) is 17.7 Å². The van der Waals surface area contributed by atoms with Gasteiger partial charge >= 0.3 is 0 Å². The summed E-state index contributed by atoms with van der Waals surface area (Å²) in [5, 5.41) is 22.1. The van der Waals surface area contributed by atoms with Crippen molar-refractivity contribution in [2.75, 3.05) is 6.61 Å². The van der Waals surface area contributed by atoms with E-state index >= 15 is 0 Å². The number of benzene rings is 2. The molecule has 3 rings (SSSR count). The summed E-state index contributed by atoms with van der Waals surface area (Å²) in [6.07, 6.45) is 1.45. The van der Waals surface area contributed by atoms with Gasteiger partial charge in [0, 0.05) is 17.7 Å². The molecular formula is C20H19N5O6. The summed E-state index contributed by atoms with van der Waals surface area (Å²) in [6.45, 7) is 4.22. The standard InChI is InChI=1S/C20H19N5O6/c1-3-29-19-10-14(4-9-18(19)30-12-17-13(2)23-31-24-17)11-21-22-20(26)15-5-7-16(8-6-15)25(27)28/h4-11H,3,12H2,1-2H3,(H,22,26)/b21-11+. The van der Waals surface area contributed by atoms with E-state index < -0.39 is 10.8 Å². The van der Waals surface area contributed by atoms with Crippen molar-refractivity contribution in [1.29, 1.82) is 0 Å². The summed E-state index contributed by atoms with van der Waals surface area (Å²) < 4.78 is 16.0. The van der Waals surface area contributed by atoms with Crippen molar-refractivity contribution in [2.24, 2.45) is 5.10 Å². The van der Waals surface area contributed by atoms with Gasteiger partial charge in [-0.2, -0.15) is 5.10 Å². The van der Waals surface area contributed by atoms with Crippen LogP contribution in [0.1, 0.15) is 34.2 Å². The molecule has 0 spiro atoms. The normalized spacial score (nSPS) is 10.8. The van der Waals surface area contributed by atoms with Gasteiger partial charge < -0.3 is 9.47 Å². The molecule has 0 radical (unpaired) electrons. The number of nitro benzene ring substituents is 1. The minimum atomic E-state index is -0.535. The van der Waals surface area contributed by atoms with E-state index in [-0.39, 0.29) is 17.9 Å². The molecule has 0 saturated heterocycles. The molecular weight excluding hydrogens is 406 g/mol. The number of hydrazone groups is 1. The molecule has 11 heteroatoms. The van der Waals surface area contributed by atoms with Gasteiger partial charge in [0.25, 0.3) is 11.6 Å².